The predicted molar refractivity (Wildman–Crippen MR) is 90.4 cm³/mol. The lowest BCUT2D eigenvalue weighted by molar-refractivity contribution is 0.0691. The van der Waals surface area contributed by atoms with E-state index < -0.39 is 5.97 Å². The smallest absolute Gasteiger partial charge is 0.356 e. The molecule has 0 fully saturated rings. The number of pyridine rings is 1. The van der Waals surface area contributed by atoms with Gasteiger partial charge in [0.2, 0.25) is 0 Å². The summed E-state index contributed by atoms with van der Waals surface area (Å²) in [5.41, 5.74) is 1.83. The molecule has 0 spiro atoms. The molecule has 9 nitrogen and oxygen atoms in total. The van der Waals surface area contributed by atoms with Crippen molar-refractivity contribution in [1.29, 1.82) is 0 Å². The number of carboxylic acid groups (broad SMARTS) is 1. The van der Waals surface area contributed by atoms with E-state index in [1.54, 1.807) is 43.1 Å². The van der Waals surface area contributed by atoms with Gasteiger partial charge in [0.25, 0.3) is 0 Å². The Morgan fingerprint density at radius 1 is 1.00 bits per heavy atom. The van der Waals surface area contributed by atoms with Crippen LogP contribution >= 0.6 is 0 Å². The van der Waals surface area contributed by atoms with Gasteiger partial charge in [0.15, 0.2) is 11.5 Å². The minimum absolute atomic E-state index is 0.0763. The van der Waals surface area contributed by atoms with E-state index in [1.807, 2.05) is 6.07 Å². The molecule has 0 amide bonds. The normalized spacial score (nSPS) is 10.6. The molecule has 4 aromatic heterocycles. The van der Waals surface area contributed by atoms with Gasteiger partial charge in [0.05, 0.1) is 11.9 Å². The summed E-state index contributed by atoms with van der Waals surface area (Å²) in [7, 11) is 0. The first kappa shape index (κ1) is 15.5. The van der Waals surface area contributed by atoms with Gasteiger partial charge in [-0.05, 0) is 12.1 Å². The molecular weight excluding hydrogens is 334 g/mol. The first-order valence-electron chi connectivity index (χ1n) is 7.54. The maximum atomic E-state index is 11.1. The largest absolute Gasteiger partial charge is 0.476 e. The van der Waals surface area contributed by atoms with Crippen LogP contribution < -0.4 is 0 Å². The lowest BCUT2D eigenvalue weighted by Gasteiger charge is -2.08. The molecule has 0 aliphatic heterocycles. The number of hydrogen-bond acceptors (Lipinski definition) is 7. The average Bonchev–Trinajstić information content (AvgIpc) is 3.20. The van der Waals surface area contributed by atoms with Crippen molar-refractivity contribution in [3.05, 3.63) is 67.4 Å². The van der Waals surface area contributed by atoms with Crippen LogP contribution in [0.4, 0.5) is 0 Å². The van der Waals surface area contributed by atoms with Crippen LogP contribution in [0.3, 0.4) is 0 Å². The van der Waals surface area contributed by atoms with E-state index in [1.165, 1.54) is 17.1 Å². The van der Waals surface area contributed by atoms with Crippen LogP contribution in [0.15, 0.2) is 61.7 Å². The van der Waals surface area contributed by atoms with Gasteiger partial charge in [-0.2, -0.15) is 0 Å². The fourth-order valence-corrected chi connectivity index (χ4v) is 2.32. The number of imidazole rings is 1. The minimum atomic E-state index is -1.11. The number of aromatic carboxylic acids is 1. The molecule has 0 unspecified atom stereocenters. The number of aromatic nitrogens is 7. The summed E-state index contributed by atoms with van der Waals surface area (Å²) >= 11 is 0. The summed E-state index contributed by atoms with van der Waals surface area (Å²) in [6, 6.07) is 5.40. The van der Waals surface area contributed by atoms with Crippen LogP contribution in [-0.4, -0.2) is 45.5 Å². The molecule has 0 bridgehead atoms. The predicted octanol–water partition coefficient (Wildman–Crippen LogP) is 1.88. The second-order valence-electron chi connectivity index (χ2n) is 5.24. The molecule has 0 radical (unpaired) electrons. The van der Waals surface area contributed by atoms with Crippen molar-refractivity contribution in [1.82, 2.24) is 34.5 Å². The van der Waals surface area contributed by atoms with Crippen LogP contribution in [0.2, 0.25) is 0 Å². The van der Waals surface area contributed by atoms with Gasteiger partial charge < -0.3 is 5.11 Å². The van der Waals surface area contributed by atoms with Crippen LogP contribution in [0.25, 0.3) is 28.6 Å². The van der Waals surface area contributed by atoms with Crippen LogP contribution in [0, 0.1) is 0 Å². The summed E-state index contributed by atoms with van der Waals surface area (Å²) < 4.78 is 1.52. The van der Waals surface area contributed by atoms with Gasteiger partial charge in [-0.1, -0.05) is 0 Å². The van der Waals surface area contributed by atoms with Gasteiger partial charge in [-0.25, -0.2) is 24.7 Å². The van der Waals surface area contributed by atoms with Crippen LogP contribution in [0.5, 0.6) is 0 Å². The number of hydrogen-bond donors (Lipinski definition) is 1. The summed E-state index contributed by atoms with van der Waals surface area (Å²) in [4.78, 5) is 36.3. The van der Waals surface area contributed by atoms with E-state index in [0.717, 1.165) is 5.56 Å². The zero-order chi connectivity index (χ0) is 17.9. The van der Waals surface area contributed by atoms with Crippen LogP contribution in [-0.2, 0) is 0 Å². The molecule has 126 valence electrons. The zero-order valence-corrected chi connectivity index (χ0v) is 13.3. The number of nitrogens with zero attached hydrogens (tertiary/aromatic N) is 7. The first-order chi connectivity index (χ1) is 12.7. The third-order valence-corrected chi connectivity index (χ3v) is 3.53. The molecular formula is C17H11N7O2. The van der Waals surface area contributed by atoms with E-state index in [0.29, 0.717) is 23.0 Å². The Labute approximate surface area is 147 Å². The van der Waals surface area contributed by atoms with Crippen molar-refractivity contribution in [2.24, 2.45) is 0 Å². The number of carboxylic acids is 1. The van der Waals surface area contributed by atoms with Crippen molar-refractivity contribution in [2.75, 3.05) is 0 Å². The highest BCUT2D eigenvalue weighted by molar-refractivity contribution is 5.85. The fraction of sp³-hybridized carbons (Fsp3) is 0. The van der Waals surface area contributed by atoms with E-state index in [2.05, 4.69) is 29.9 Å². The Balaban J connectivity index is 1.89. The molecule has 0 aromatic carbocycles. The molecule has 0 aliphatic carbocycles. The lowest BCUT2D eigenvalue weighted by atomic mass is 10.2. The molecule has 0 saturated carbocycles. The summed E-state index contributed by atoms with van der Waals surface area (Å²) in [5.74, 6) is -0.293. The quantitative estimate of drug-likeness (QED) is 0.595. The van der Waals surface area contributed by atoms with Crippen molar-refractivity contribution in [3.8, 4) is 28.6 Å². The molecule has 0 aliphatic rings. The van der Waals surface area contributed by atoms with E-state index >= 15 is 0 Å². The maximum Gasteiger partial charge on any atom is 0.356 e. The number of rotatable bonds is 4. The Hall–Kier alpha value is -4.01. The van der Waals surface area contributed by atoms with Gasteiger partial charge in [-0.3, -0.25) is 14.5 Å². The fourth-order valence-electron chi connectivity index (χ4n) is 2.32. The Bertz CT molecular complexity index is 1010. The molecule has 0 atom stereocenters. The van der Waals surface area contributed by atoms with E-state index in [-0.39, 0.29) is 5.69 Å². The number of carbonyl (C=O) groups is 1. The summed E-state index contributed by atoms with van der Waals surface area (Å²) in [5, 5.41) is 9.08. The summed E-state index contributed by atoms with van der Waals surface area (Å²) in [6.45, 7) is 0. The second-order valence-corrected chi connectivity index (χ2v) is 5.24. The van der Waals surface area contributed by atoms with Crippen molar-refractivity contribution >= 4 is 5.97 Å². The molecule has 9 heteroatoms. The SMILES string of the molecule is O=C(O)c1cn(-c2cc(-c3cccnc3)nc(-c3cnccn3)n2)cn1. The van der Waals surface area contributed by atoms with E-state index in [4.69, 9.17) is 5.11 Å². The molecule has 0 saturated heterocycles. The van der Waals surface area contributed by atoms with E-state index in [9.17, 15) is 4.79 Å². The lowest BCUT2D eigenvalue weighted by Crippen LogP contribution is -2.02. The average molecular weight is 345 g/mol. The Kier molecular flexibility index (Phi) is 3.86. The van der Waals surface area contributed by atoms with Gasteiger partial charge in [0, 0.05) is 42.6 Å². The standard InChI is InChI=1S/C17H11N7O2/c25-17(26)14-9-24(10-21-14)15-6-12(11-2-1-3-18-7-11)22-16(23-15)13-8-19-4-5-20-13/h1-10H,(H,25,26). The third kappa shape index (κ3) is 3.00. The molecule has 4 rings (SSSR count). The third-order valence-electron chi connectivity index (χ3n) is 3.53. The molecule has 4 aromatic rings. The van der Waals surface area contributed by atoms with Crippen molar-refractivity contribution < 1.29 is 9.90 Å². The highest BCUT2D eigenvalue weighted by atomic mass is 16.4. The second kappa shape index (κ2) is 6.48. The molecule has 26 heavy (non-hydrogen) atoms. The van der Waals surface area contributed by atoms with Crippen LogP contribution in [0.1, 0.15) is 10.5 Å². The van der Waals surface area contributed by atoms with Crippen molar-refractivity contribution in [3.63, 3.8) is 0 Å². The highest BCUT2D eigenvalue weighted by Gasteiger charge is 2.13. The van der Waals surface area contributed by atoms with Gasteiger partial charge in [0.1, 0.15) is 17.8 Å². The summed E-state index contributed by atoms with van der Waals surface area (Å²) in [6.07, 6.45) is 10.8. The minimum Gasteiger partial charge on any atom is -0.476 e. The maximum absolute atomic E-state index is 11.1. The van der Waals surface area contributed by atoms with Gasteiger partial charge in [-0.15, -0.1) is 0 Å². The zero-order valence-electron chi connectivity index (χ0n) is 13.3. The van der Waals surface area contributed by atoms with Gasteiger partial charge >= 0.3 is 5.97 Å². The Morgan fingerprint density at radius 2 is 1.88 bits per heavy atom. The topological polar surface area (TPSA) is 120 Å². The Morgan fingerprint density at radius 3 is 2.58 bits per heavy atom. The monoisotopic (exact) mass is 345 g/mol. The molecule has 4 heterocycles. The first-order valence-corrected chi connectivity index (χ1v) is 7.54. The molecule has 1 N–H and O–H groups in total. The highest BCUT2D eigenvalue weighted by Crippen LogP contribution is 2.22. The van der Waals surface area contributed by atoms with Crippen molar-refractivity contribution in [2.45, 2.75) is 0 Å².